The Hall–Kier alpha value is -2.37. The SMILES string of the molecule is NNC(=O)Cc1ccc(NC(=O)c2ccc(Cl)cc2)cc1. The highest BCUT2D eigenvalue weighted by Gasteiger charge is 2.06. The Labute approximate surface area is 127 Å². The quantitative estimate of drug-likeness (QED) is 0.459. The second kappa shape index (κ2) is 6.88. The van der Waals surface area contributed by atoms with Crippen LogP contribution in [0.4, 0.5) is 5.69 Å². The summed E-state index contributed by atoms with van der Waals surface area (Å²) in [5.74, 6) is 4.53. The van der Waals surface area contributed by atoms with Gasteiger partial charge in [0.05, 0.1) is 6.42 Å². The van der Waals surface area contributed by atoms with Crippen LogP contribution in [0, 0.1) is 0 Å². The fourth-order valence-electron chi connectivity index (χ4n) is 1.75. The van der Waals surface area contributed by atoms with Gasteiger partial charge in [-0.05, 0) is 42.0 Å². The van der Waals surface area contributed by atoms with Crippen molar-refractivity contribution >= 4 is 29.1 Å². The number of hydrazine groups is 1. The lowest BCUT2D eigenvalue weighted by molar-refractivity contribution is -0.120. The number of hydrogen-bond acceptors (Lipinski definition) is 3. The summed E-state index contributed by atoms with van der Waals surface area (Å²) in [6.45, 7) is 0. The highest BCUT2D eigenvalue weighted by Crippen LogP contribution is 2.14. The maximum Gasteiger partial charge on any atom is 0.255 e. The van der Waals surface area contributed by atoms with E-state index in [-0.39, 0.29) is 18.2 Å². The number of amides is 2. The van der Waals surface area contributed by atoms with E-state index < -0.39 is 0 Å². The number of carbonyl (C=O) groups is 2. The summed E-state index contributed by atoms with van der Waals surface area (Å²) in [5.41, 5.74) is 4.04. The van der Waals surface area contributed by atoms with Crippen molar-refractivity contribution < 1.29 is 9.59 Å². The summed E-state index contributed by atoms with van der Waals surface area (Å²) in [5, 5.41) is 3.34. The summed E-state index contributed by atoms with van der Waals surface area (Å²) in [7, 11) is 0. The number of halogens is 1. The van der Waals surface area contributed by atoms with Crippen LogP contribution in [0.3, 0.4) is 0 Å². The standard InChI is InChI=1S/C15H14ClN3O2/c16-12-5-3-11(4-6-12)15(21)18-13-7-1-10(2-8-13)9-14(20)19-17/h1-8H,9,17H2,(H,18,21)(H,19,20). The van der Waals surface area contributed by atoms with Crippen molar-refractivity contribution in [2.24, 2.45) is 5.84 Å². The van der Waals surface area contributed by atoms with Crippen molar-refractivity contribution in [2.45, 2.75) is 6.42 Å². The molecule has 0 aromatic heterocycles. The predicted octanol–water partition coefficient (Wildman–Crippen LogP) is 2.12. The zero-order chi connectivity index (χ0) is 15.2. The van der Waals surface area contributed by atoms with E-state index in [2.05, 4.69) is 10.7 Å². The Balaban J connectivity index is 2.01. The molecule has 0 saturated carbocycles. The van der Waals surface area contributed by atoms with Gasteiger partial charge in [-0.25, -0.2) is 5.84 Å². The van der Waals surface area contributed by atoms with Gasteiger partial charge in [-0.15, -0.1) is 0 Å². The molecule has 21 heavy (non-hydrogen) atoms. The minimum atomic E-state index is -0.270. The van der Waals surface area contributed by atoms with Gasteiger partial charge in [0.15, 0.2) is 0 Å². The largest absolute Gasteiger partial charge is 0.322 e. The number of hydrogen-bond donors (Lipinski definition) is 3. The van der Waals surface area contributed by atoms with Crippen molar-refractivity contribution in [3.05, 3.63) is 64.7 Å². The first kappa shape index (κ1) is 15.0. The van der Waals surface area contributed by atoms with Crippen LogP contribution in [0.1, 0.15) is 15.9 Å². The van der Waals surface area contributed by atoms with E-state index in [1.54, 1.807) is 48.5 Å². The first-order valence-electron chi connectivity index (χ1n) is 6.24. The van der Waals surface area contributed by atoms with Crippen LogP contribution >= 0.6 is 11.6 Å². The van der Waals surface area contributed by atoms with Crippen molar-refractivity contribution in [1.82, 2.24) is 5.43 Å². The summed E-state index contributed by atoms with van der Waals surface area (Å²) in [4.78, 5) is 23.1. The number of nitrogens with two attached hydrogens (primary N) is 1. The summed E-state index contributed by atoms with van der Waals surface area (Å²) in [6.07, 6.45) is 0.196. The zero-order valence-corrected chi connectivity index (χ0v) is 11.9. The Bertz CT molecular complexity index is 639. The Morgan fingerprint density at radius 2 is 1.62 bits per heavy atom. The van der Waals surface area contributed by atoms with Crippen LogP contribution in [0.15, 0.2) is 48.5 Å². The fraction of sp³-hybridized carbons (Fsp3) is 0.0667. The van der Waals surface area contributed by atoms with Crippen LogP contribution in [0.5, 0.6) is 0 Å². The van der Waals surface area contributed by atoms with Gasteiger partial charge in [0, 0.05) is 16.3 Å². The van der Waals surface area contributed by atoms with Gasteiger partial charge in [-0.3, -0.25) is 15.0 Å². The van der Waals surface area contributed by atoms with E-state index in [0.29, 0.717) is 16.3 Å². The average Bonchev–Trinajstić information content (AvgIpc) is 2.49. The number of carbonyl (C=O) groups excluding carboxylic acids is 2. The van der Waals surface area contributed by atoms with Crippen LogP contribution in [-0.2, 0) is 11.2 Å². The third-order valence-electron chi connectivity index (χ3n) is 2.84. The topological polar surface area (TPSA) is 84.2 Å². The molecule has 0 heterocycles. The van der Waals surface area contributed by atoms with Crippen LogP contribution in [0.25, 0.3) is 0 Å². The van der Waals surface area contributed by atoms with E-state index in [9.17, 15) is 9.59 Å². The average molecular weight is 304 g/mol. The maximum absolute atomic E-state index is 12.0. The highest BCUT2D eigenvalue weighted by molar-refractivity contribution is 6.30. The zero-order valence-electron chi connectivity index (χ0n) is 11.1. The molecule has 0 aliphatic heterocycles. The van der Waals surface area contributed by atoms with Gasteiger partial charge in [0.25, 0.3) is 5.91 Å². The first-order chi connectivity index (χ1) is 10.1. The Morgan fingerprint density at radius 1 is 1.00 bits per heavy atom. The molecular weight excluding hydrogens is 290 g/mol. The first-order valence-corrected chi connectivity index (χ1v) is 6.61. The molecule has 0 aliphatic carbocycles. The van der Waals surface area contributed by atoms with Gasteiger partial charge < -0.3 is 5.32 Å². The molecule has 0 radical (unpaired) electrons. The third kappa shape index (κ3) is 4.30. The van der Waals surface area contributed by atoms with Gasteiger partial charge in [-0.1, -0.05) is 23.7 Å². The molecule has 0 saturated heterocycles. The van der Waals surface area contributed by atoms with Gasteiger partial charge in [-0.2, -0.15) is 0 Å². The Morgan fingerprint density at radius 3 is 2.19 bits per heavy atom. The summed E-state index contributed by atoms with van der Waals surface area (Å²) < 4.78 is 0. The highest BCUT2D eigenvalue weighted by atomic mass is 35.5. The van der Waals surface area contributed by atoms with E-state index in [4.69, 9.17) is 17.4 Å². The molecule has 5 nitrogen and oxygen atoms in total. The Kier molecular flexibility index (Phi) is 4.92. The lowest BCUT2D eigenvalue weighted by atomic mass is 10.1. The molecule has 4 N–H and O–H groups in total. The van der Waals surface area contributed by atoms with Gasteiger partial charge in [0.2, 0.25) is 5.91 Å². The monoisotopic (exact) mass is 303 g/mol. The second-order valence-electron chi connectivity index (χ2n) is 4.40. The van der Waals surface area contributed by atoms with Crippen LogP contribution in [-0.4, -0.2) is 11.8 Å². The van der Waals surface area contributed by atoms with Gasteiger partial charge in [0.1, 0.15) is 0 Å². The number of nitrogens with one attached hydrogen (secondary N) is 2. The predicted molar refractivity (Wildman–Crippen MR) is 81.9 cm³/mol. The number of benzene rings is 2. The molecule has 0 bridgehead atoms. The minimum Gasteiger partial charge on any atom is -0.322 e. The van der Waals surface area contributed by atoms with E-state index in [1.807, 2.05) is 0 Å². The number of rotatable bonds is 4. The number of anilines is 1. The molecule has 0 spiro atoms. The molecule has 2 aromatic rings. The molecular formula is C15H14ClN3O2. The maximum atomic E-state index is 12.0. The molecule has 0 aliphatic rings. The van der Waals surface area contributed by atoms with Crippen LogP contribution < -0.4 is 16.6 Å². The second-order valence-corrected chi connectivity index (χ2v) is 4.84. The fourth-order valence-corrected chi connectivity index (χ4v) is 1.87. The summed E-state index contributed by atoms with van der Waals surface area (Å²) >= 11 is 5.77. The van der Waals surface area contributed by atoms with E-state index in [1.165, 1.54) is 0 Å². The molecule has 0 atom stereocenters. The molecule has 2 amide bonds. The molecule has 108 valence electrons. The van der Waals surface area contributed by atoms with Crippen molar-refractivity contribution in [3.63, 3.8) is 0 Å². The van der Waals surface area contributed by atoms with Gasteiger partial charge >= 0.3 is 0 Å². The smallest absolute Gasteiger partial charge is 0.255 e. The van der Waals surface area contributed by atoms with Crippen molar-refractivity contribution in [3.8, 4) is 0 Å². The molecule has 2 rings (SSSR count). The normalized spacial score (nSPS) is 10.0. The van der Waals surface area contributed by atoms with Crippen molar-refractivity contribution in [2.75, 3.05) is 5.32 Å². The van der Waals surface area contributed by atoms with Crippen molar-refractivity contribution in [1.29, 1.82) is 0 Å². The minimum absolute atomic E-state index is 0.196. The molecule has 0 unspecified atom stereocenters. The molecule has 0 fully saturated rings. The van der Waals surface area contributed by atoms with E-state index >= 15 is 0 Å². The molecule has 2 aromatic carbocycles. The summed E-state index contributed by atoms with van der Waals surface area (Å²) in [6, 6.07) is 13.6. The van der Waals surface area contributed by atoms with E-state index in [0.717, 1.165) is 5.56 Å². The third-order valence-corrected chi connectivity index (χ3v) is 3.10. The lowest BCUT2D eigenvalue weighted by Crippen LogP contribution is -2.31. The molecule has 6 heteroatoms. The van der Waals surface area contributed by atoms with Crippen LogP contribution in [0.2, 0.25) is 5.02 Å². The lowest BCUT2D eigenvalue weighted by Gasteiger charge is -2.06.